The molecule has 0 aliphatic carbocycles. The van der Waals surface area contributed by atoms with Crippen molar-refractivity contribution in [1.29, 1.82) is 0 Å². The molecule has 1 aliphatic heterocycles. The number of hydrogen-bond acceptors (Lipinski definition) is 5. The van der Waals surface area contributed by atoms with Crippen LogP contribution in [0.2, 0.25) is 5.02 Å². The molecule has 0 saturated carbocycles. The minimum atomic E-state index is -1.66. The molecular weight excluding hydrogens is 436 g/mol. The van der Waals surface area contributed by atoms with E-state index in [0.717, 1.165) is 43.8 Å². The Morgan fingerprint density at radius 2 is 2.00 bits per heavy atom. The summed E-state index contributed by atoms with van der Waals surface area (Å²) in [6, 6.07) is 10.6. The van der Waals surface area contributed by atoms with Crippen molar-refractivity contribution < 1.29 is 13.9 Å². The van der Waals surface area contributed by atoms with E-state index in [2.05, 4.69) is 20.3 Å². The summed E-state index contributed by atoms with van der Waals surface area (Å²) in [5.41, 5.74) is -0.555. The van der Waals surface area contributed by atoms with Gasteiger partial charge in [-0.2, -0.15) is 5.10 Å². The van der Waals surface area contributed by atoms with Gasteiger partial charge in [0.2, 0.25) is 0 Å². The molecule has 2 atom stereocenters. The molecule has 0 bridgehead atoms. The van der Waals surface area contributed by atoms with Crippen LogP contribution in [0.3, 0.4) is 0 Å². The molecule has 3 aromatic rings. The Bertz CT molecular complexity index is 1040. The fourth-order valence-corrected chi connectivity index (χ4v) is 4.51. The van der Waals surface area contributed by atoms with Gasteiger partial charge in [0.05, 0.1) is 6.54 Å². The van der Waals surface area contributed by atoms with Gasteiger partial charge in [-0.1, -0.05) is 23.7 Å². The van der Waals surface area contributed by atoms with Crippen LogP contribution in [0.15, 0.2) is 55.1 Å². The summed E-state index contributed by atoms with van der Waals surface area (Å²) in [6.45, 7) is 3.45. The number of nitrogens with one attached hydrogen (secondary N) is 1. The lowest BCUT2D eigenvalue weighted by Crippen LogP contribution is -2.55. The van der Waals surface area contributed by atoms with E-state index in [1.807, 2.05) is 31.2 Å². The van der Waals surface area contributed by atoms with Gasteiger partial charge in [0.1, 0.15) is 29.9 Å². The summed E-state index contributed by atoms with van der Waals surface area (Å²) >= 11 is 6.12. The fourth-order valence-electron chi connectivity index (χ4n) is 4.33. The highest BCUT2D eigenvalue weighted by atomic mass is 35.5. The molecule has 170 valence electrons. The topological polar surface area (TPSA) is 66.2 Å². The number of aromatic nitrogens is 3. The molecule has 0 spiro atoms. The maximum atomic E-state index is 14.7. The molecule has 9 heteroatoms. The highest BCUT2D eigenvalue weighted by Gasteiger charge is 2.40. The van der Waals surface area contributed by atoms with Crippen LogP contribution in [0.4, 0.5) is 14.5 Å². The largest absolute Gasteiger partial charge is 0.381 e. The van der Waals surface area contributed by atoms with Crippen molar-refractivity contribution in [1.82, 2.24) is 20.1 Å². The SMILES string of the molecule is C[C@@H](NC1CCN(c2cccc(Cl)c2)CC1)[C@](O)(Cn1cncn1)c1ccc(F)cc1F. The average Bonchev–Trinajstić information content (AvgIpc) is 3.27. The monoisotopic (exact) mass is 461 g/mol. The lowest BCUT2D eigenvalue weighted by atomic mass is 9.85. The van der Waals surface area contributed by atoms with Crippen LogP contribution in [0.1, 0.15) is 25.3 Å². The van der Waals surface area contributed by atoms with Crippen molar-refractivity contribution in [2.75, 3.05) is 18.0 Å². The van der Waals surface area contributed by atoms with E-state index in [4.69, 9.17) is 11.6 Å². The van der Waals surface area contributed by atoms with Gasteiger partial charge in [-0.15, -0.1) is 0 Å². The molecule has 0 unspecified atom stereocenters. The van der Waals surface area contributed by atoms with E-state index in [9.17, 15) is 13.9 Å². The Hall–Kier alpha value is -2.55. The smallest absolute Gasteiger partial charge is 0.137 e. The van der Waals surface area contributed by atoms with Crippen LogP contribution in [-0.2, 0) is 12.1 Å². The van der Waals surface area contributed by atoms with Crippen molar-refractivity contribution in [3.05, 3.63) is 77.3 Å². The third-order valence-corrected chi connectivity index (χ3v) is 6.37. The third-order valence-electron chi connectivity index (χ3n) is 6.14. The van der Waals surface area contributed by atoms with Crippen LogP contribution in [0, 0.1) is 11.6 Å². The van der Waals surface area contributed by atoms with E-state index < -0.39 is 23.3 Å². The van der Waals surface area contributed by atoms with Crippen LogP contribution < -0.4 is 10.2 Å². The normalized spacial score (nSPS) is 17.8. The summed E-state index contributed by atoms with van der Waals surface area (Å²) < 4.78 is 29.7. The molecule has 4 rings (SSSR count). The zero-order valence-electron chi connectivity index (χ0n) is 17.8. The van der Waals surface area contributed by atoms with Gasteiger partial charge >= 0.3 is 0 Å². The molecule has 1 fully saturated rings. The first-order valence-corrected chi connectivity index (χ1v) is 11.0. The van der Waals surface area contributed by atoms with E-state index in [1.54, 1.807) is 0 Å². The summed E-state index contributed by atoms with van der Waals surface area (Å²) in [6.07, 6.45) is 4.51. The minimum absolute atomic E-state index is 0.0192. The summed E-state index contributed by atoms with van der Waals surface area (Å²) in [5.74, 6) is -1.49. The summed E-state index contributed by atoms with van der Waals surface area (Å²) in [7, 11) is 0. The van der Waals surface area contributed by atoms with Gasteiger partial charge in [-0.05, 0) is 44.0 Å². The van der Waals surface area contributed by atoms with Gasteiger partial charge in [0.15, 0.2) is 0 Å². The Kier molecular flexibility index (Phi) is 6.74. The molecule has 32 heavy (non-hydrogen) atoms. The lowest BCUT2D eigenvalue weighted by Gasteiger charge is -2.40. The maximum Gasteiger partial charge on any atom is 0.137 e. The first-order valence-electron chi connectivity index (χ1n) is 10.6. The van der Waals surface area contributed by atoms with Gasteiger partial charge in [-0.25, -0.2) is 18.4 Å². The van der Waals surface area contributed by atoms with Crippen LogP contribution in [-0.4, -0.2) is 45.0 Å². The van der Waals surface area contributed by atoms with Crippen LogP contribution >= 0.6 is 11.6 Å². The second-order valence-corrected chi connectivity index (χ2v) is 8.71. The zero-order valence-corrected chi connectivity index (χ0v) is 18.5. The second-order valence-electron chi connectivity index (χ2n) is 8.27. The molecule has 1 aliphatic rings. The van der Waals surface area contributed by atoms with Crippen LogP contribution in [0.25, 0.3) is 0 Å². The van der Waals surface area contributed by atoms with Gasteiger partial charge < -0.3 is 15.3 Å². The Labute approximate surface area is 190 Å². The molecule has 0 amide bonds. The summed E-state index contributed by atoms with van der Waals surface area (Å²) in [4.78, 5) is 6.18. The first kappa shape index (κ1) is 22.6. The molecule has 0 radical (unpaired) electrons. The molecule has 1 aromatic heterocycles. The summed E-state index contributed by atoms with van der Waals surface area (Å²) in [5, 5.41) is 19.9. The Morgan fingerprint density at radius 3 is 2.66 bits per heavy atom. The number of halogens is 3. The van der Waals surface area contributed by atoms with Crippen molar-refractivity contribution in [2.45, 2.75) is 44.0 Å². The number of rotatable bonds is 7. The predicted octanol–water partition coefficient (Wildman–Crippen LogP) is 3.74. The number of anilines is 1. The quantitative estimate of drug-likeness (QED) is 0.561. The lowest BCUT2D eigenvalue weighted by molar-refractivity contribution is -0.0242. The van der Waals surface area contributed by atoms with Crippen molar-refractivity contribution in [3.63, 3.8) is 0 Å². The van der Waals surface area contributed by atoms with Crippen molar-refractivity contribution in [3.8, 4) is 0 Å². The molecule has 6 nitrogen and oxygen atoms in total. The number of nitrogens with zero attached hydrogens (tertiary/aromatic N) is 4. The van der Waals surface area contributed by atoms with Gasteiger partial charge in [0, 0.05) is 47.5 Å². The minimum Gasteiger partial charge on any atom is -0.381 e. The Morgan fingerprint density at radius 1 is 1.22 bits per heavy atom. The number of piperidine rings is 1. The predicted molar refractivity (Wildman–Crippen MR) is 120 cm³/mol. The van der Waals surface area contributed by atoms with E-state index in [0.29, 0.717) is 5.02 Å². The molecule has 2 heterocycles. The zero-order chi connectivity index (χ0) is 22.7. The first-order chi connectivity index (χ1) is 15.3. The highest BCUT2D eigenvalue weighted by Crippen LogP contribution is 2.31. The molecule has 2 N–H and O–H groups in total. The number of aliphatic hydroxyl groups is 1. The second kappa shape index (κ2) is 9.52. The average molecular weight is 462 g/mol. The van der Waals surface area contributed by atoms with Crippen molar-refractivity contribution in [2.24, 2.45) is 0 Å². The van der Waals surface area contributed by atoms with E-state index in [1.165, 1.54) is 23.4 Å². The van der Waals surface area contributed by atoms with E-state index >= 15 is 0 Å². The standard InChI is InChI=1S/C23H26ClF2N5O/c1-16(29-19-7-9-30(10-8-19)20-4-2-3-17(24)11-20)23(32,13-31-15-27-14-28-31)21-6-5-18(25)12-22(21)26/h2-6,11-12,14-16,19,29,32H,7-10,13H2,1H3/t16-,23-/m1/s1. The molecule has 1 saturated heterocycles. The van der Waals surface area contributed by atoms with Crippen LogP contribution in [0.5, 0.6) is 0 Å². The fraction of sp³-hybridized carbons (Fsp3) is 0.391. The molecular formula is C23H26ClF2N5O. The highest BCUT2D eigenvalue weighted by molar-refractivity contribution is 6.30. The van der Waals surface area contributed by atoms with Gasteiger partial charge in [-0.3, -0.25) is 0 Å². The Balaban J connectivity index is 1.49. The number of benzene rings is 2. The molecule has 2 aromatic carbocycles. The van der Waals surface area contributed by atoms with E-state index in [-0.39, 0.29) is 18.2 Å². The third kappa shape index (κ3) is 4.92. The number of hydrogen-bond donors (Lipinski definition) is 2. The van der Waals surface area contributed by atoms with Crippen molar-refractivity contribution >= 4 is 17.3 Å². The van der Waals surface area contributed by atoms with Gasteiger partial charge in [0.25, 0.3) is 0 Å². The maximum absolute atomic E-state index is 14.7.